The Morgan fingerprint density at radius 2 is 1.87 bits per heavy atom. The Hall–Kier alpha value is -2.11. The van der Waals surface area contributed by atoms with Gasteiger partial charge in [-0.1, -0.05) is 50.2 Å². The van der Waals surface area contributed by atoms with Gasteiger partial charge in [-0.3, -0.25) is 19.1 Å². The summed E-state index contributed by atoms with van der Waals surface area (Å²) in [5.74, 6) is 0.737. The molecule has 1 aromatic rings. The number of pyridine rings is 1. The maximum atomic E-state index is 13.1. The molecule has 0 bridgehead atoms. The molecule has 0 saturated carbocycles. The van der Waals surface area contributed by atoms with Crippen molar-refractivity contribution >= 4 is 46.1 Å². The molecule has 2 aliphatic rings. The van der Waals surface area contributed by atoms with Gasteiger partial charge in [-0.05, 0) is 44.7 Å². The van der Waals surface area contributed by atoms with Crippen LogP contribution in [0.25, 0.3) is 6.08 Å². The fourth-order valence-electron chi connectivity index (χ4n) is 4.23. The number of thioether (sulfide) groups is 1. The molecule has 2 saturated heterocycles. The van der Waals surface area contributed by atoms with E-state index in [1.54, 1.807) is 16.4 Å². The van der Waals surface area contributed by atoms with Crippen molar-refractivity contribution in [2.45, 2.75) is 65.8 Å². The van der Waals surface area contributed by atoms with Crippen LogP contribution in [-0.2, 0) is 11.3 Å². The molecular formula is C23H30N4O2S2. The first-order valence-corrected chi connectivity index (χ1v) is 12.3. The van der Waals surface area contributed by atoms with Gasteiger partial charge in [0, 0.05) is 31.7 Å². The smallest absolute Gasteiger partial charge is 0.270 e. The molecule has 2 aliphatic heterocycles. The molecule has 3 heterocycles. The second-order valence-corrected chi connectivity index (χ2v) is 9.66. The van der Waals surface area contributed by atoms with E-state index >= 15 is 0 Å². The number of unbranched alkanes of at least 4 members (excludes halogenated alkanes) is 3. The predicted octanol–water partition coefficient (Wildman–Crippen LogP) is 4.43. The molecule has 3 rings (SSSR count). The molecule has 0 radical (unpaired) electrons. The molecular weight excluding hydrogens is 428 g/mol. The molecule has 2 fully saturated rings. The first kappa shape index (κ1) is 23.6. The van der Waals surface area contributed by atoms with Gasteiger partial charge in [0.15, 0.2) is 0 Å². The van der Waals surface area contributed by atoms with Crippen LogP contribution in [0.15, 0.2) is 9.70 Å². The highest BCUT2D eigenvalue weighted by atomic mass is 32.2. The highest BCUT2D eigenvalue weighted by molar-refractivity contribution is 8.26. The summed E-state index contributed by atoms with van der Waals surface area (Å²) in [5, 5.41) is 9.64. The van der Waals surface area contributed by atoms with Crippen LogP contribution in [-0.4, -0.2) is 39.3 Å². The minimum Gasteiger partial charge on any atom is -0.357 e. The van der Waals surface area contributed by atoms with Gasteiger partial charge < -0.3 is 4.90 Å². The quantitative estimate of drug-likeness (QED) is 0.326. The fourth-order valence-corrected chi connectivity index (χ4v) is 5.52. The van der Waals surface area contributed by atoms with E-state index in [4.69, 9.17) is 12.2 Å². The van der Waals surface area contributed by atoms with Crippen LogP contribution < -0.4 is 10.5 Å². The highest BCUT2D eigenvalue weighted by Crippen LogP contribution is 2.36. The summed E-state index contributed by atoms with van der Waals surface area (Å²) in [5.41, 5.74) is 1.30. The summed E-state index contributed by atoms with van der Waals surface area (Å²) in [6, 6.07) is 2.08. The molecule has 166 valence electrons. The number of rotatable bonds is 8. The predicted molar refractivity (Wildman–Crippen MR) is 131 cm³/mol. The lowest BCUT2D eigenvalue weighted by atomic mass is 10.0. The first-order valence-electron chi connectivity index (χ1n) is 11.1. The lowest BCUT2D eigenvalue weighted by molar-refractivity contribution is -0.122. The Morgan fingerprint density at radius 3 is 2.48 bits per heavy atom. The SMILES string of the molecule is CCCCCCN1C(=O)/C(=C\c2c(C)c(C#N)c(=O)n(CC)c2N2CCCC2)SC1=S. The highest BCUT2D eigenvalue weighted by Gasteiger charge is 2.33. The summed E-state index contributed by atoms with van der Waals surface area (Å²) < 4.78 is 2.26. The maximum absolute atomic E-state index is 13.1. The van der Waals surface area contributed by atoms with Gasteiger partial charge in [-0.25, -0.2) is 0 Å². The molecule has 1 aromatic heterocycles. The minimum absolute atomic E-state index is 0.0778. The molecule has 1 amide bonds. The fraction of sp³-hybridized carbons (Fsp3) is 0.565. The maximum Gasteiger partial charge on any atom is 0.270 e. The van der Waals surface area contributed by atoms with E-state index < -0.39 is 0 Å². The molecule has 8 heteroatoms. The van der Waals surface area contributed by atoms with E-state index in [-0.39, 0.29) is 17.0 Å². The van der Waals surface area contributed by atoms with Gasteiger partial charge in [0.05, 0.1) is 4.91 Å². The summed E-state index contributed by atoms with van der Waals surface area (Å²) >= 11 is 6.80. The average molecular weight is 459 g/mol. The normalized spacial score (nSPS) is 17.8. The zero-order valence-electron chi connectivity index (χ0n) is 18.6. The molecule has 0 spiro atoms. The number of carbonyl (C=O) groups is 1. The van der Waals surface area contributed by atoms with Crippen LogP contribution in [0, 0.1) is 18.3 Å². The van der Waals surface area contributed by atoms with Crippen molar-refractivity contribution in [3.8, 4) is 6.07 Å². The van der Waals surface area contributed by atoms with Gasteiger partial charge in [-0.15, -0.1) is 0 Å². The summed E-state index contributed by atoms with van der Waals surface area (Å²) in [6.45, 7) is 8.71. The molecule has 0 N–H and O–H groups in total. The third kappa shape index (κ3) is 4.73. The number of nitrogens with zero attached hydrogens (tertiary/aromatic N) is 4. The van der Waals surface area contributed by atoms with Gasteiger partial charge in [0.2, 0.25) is 0 Å². The summed E-state index contributed by atoms with van der Waals surface area (Å²) in [6.07, 6.45) is 8.29. The Bertz CT molecular complexity index is 1000. The second kappa shape index (κ2) is 10.5. The molecule has 0 aromatic carbocycles. The number of hydrogen-bond acceptors (Lipinski definition) is 6. The van der Waals surface area contributed by atoms with Crippen molar-refractivity contribution in [3.05, 3.63) is 31.9 Å². The zero-order valence-corrected chi connectivity index (χ0v) is 20.2. The molecule has 6 nitrogen and oxygen atoms in total. The number of nitriles is 1. The van der Waals surface area contributed by atoms with E-state index in [1.807, 2.05) is 13.0 Å². The Morgan fingerprint density at radius 1 is 1.16 bits per heavy atom. The van der Waals surface area contributed by atoms with Gasteiger partial charge >= 0.3 is 0 Å². The lowest BCUT2D eigenvalue weighted by Crippen LogP contribution is -2.33. The largest absolute Gasteiger partial charge is 0.357 e. The second-order valence-electron chi connectivity index (χ2n) is 7.99. The molecule has 0 unspecified atom stereocenters. The van der Waals surface area contributed by atoms with Crippen molar-refractivity contribution in [3.63, 3.8) is 0 Å². The minimum atomic E-state index is -0.259. The topological polar surface area (TPSA) is 69.3 Å². The monoisotopic (exact) mass is 458 g/mol. The Balaban J connectivity index is 2.05. The van der Waals surface area contributed by atoms with Crippen LogP contribution in [0.1, 0.15) is 69.1 Å². The van der Waals surface area contributed by atoms with Gasteiger partial charge in [0.25, 0.3) is 11.5 Å². The average Bonchev–Trinajstić information content (AvgIpc) is 3.37. The van der Waals surface area contributed by atoms with E-state index in [2.05, 4.69) is 17.9 Å². The number of thiocarbonyl (C=S) groups is 1. The number of amides is 1. The van der Waals surface area contributed by atoms with E-state index in [0.29, 0.717) is 27.9 Å². The molecule has 31 heavy (non-hydrogen) atoms. The number of hydrogen-bond donors (Lipinski definition) is 0. The zero-order chi connectivity index (χ0) is 22.5. The van der Waals surface area contributed by atoms with Crippen molar-refractivity contribution in [1.82, 2.24) is 9.47 Å². The van der Waals surface area contributed by atoms with Crippen molar-refractivity contribution in [1.29, 1.82) is 5.26 Å². The van der Waals surface area contributed by atoms with E-state index in [0.717, 1.165) is 63.0 Å². The van der Waals surface area contributed by atoms with Crippen LogP contribution in [0.5, 0.6) is 0 Å². The number of aromatic nitrogens is 1. The third-order valence-corrected chi connectivity index (χ3v) is 7.33. The Labute approximate surface area is 193 Å². The number of carbonyl (C=O) groups excluding carboxylic acids is 1. The van der Waals surface area contributed by atoms with Crippen LogP contribution in [0.4, 0.5) is 5.82 Å². The molecule has 0 atom stereocenters. The van der Waals surface area contributed by atoms with E-state index in [1.165, 1.54) is 11.8 Å². The summed E-state index contributed by atoms with van der Waals surface area (Å²) in [7, 11) is 0. The lowest BCUT2D eigenvalue weighted by Gasteiger charge is -2.26. The van der Waals surface area contributed by atoms with Gasteiger partial charge in [-0.2, -0.15) is 5.26 Å². The van der Waals surface area contributed by atoms with Crippen molar-refractivity contribution in [2.24, 2.45) is 0 Å². The van der Waals surface area contributed by atoms with Crippen LogP contribution in [0.2, 0.25) is 0 Å². The summed E-state index contributed by atoms with van der Waals surface area (Å²) in [4.78, 5) is 30.5. The number of anilines is 1. The van der Waals surface area contributed by atoms with E-state index in [9.17, 15) is 14.9 Å². The van der Waals surface area contributed by atoms with Crippen molar-refractivity contribution < 1.29 is 4.79 Å². The van der Waals surface area contributed by atoms with Crippen LogP contribution >= 0.6 is 24.0 Å². The standard InChI is InChI=1S/C23H30N4O2S2/c1-4-6-7-8-13-27-22(29)19(31-23(27)30)14-17-16(3)18(15-24)21(28)26(5-2)20(17)25-11-9-10-12-25/h14H,4-13H2,1-3H3/b19-14+. The third-order valence-electron chi connectivity index (χ3n) is 5.95. The van der Waals surface area contributed by atoms with Crippen molar-refractivity contribution in [2.75, 3.05) is 24.5 Å². The van der Waals surface area contributed by atoms with Crippen LogP contribution in [0.3, 0.4) is 0 Å². The molecule has 0 aliphatic carbocycles. The van der Waals surface area contributed by atoms with Gasteiger partial charge in [0.1, 0.15) is 21.8 Å². The Kier molecular flexibility index (Phi) is 7.95. The first-order chi connectivity index (χ1) is 14.9.